The second-order valence-corrected chi connectivity index (χ2v) is 10.6. The molecule has 0 saturated heterocycles. The van der Waals surface area contributed by atoms with Gasteiger partial charge in [-0.2, -0.15) is 0 Å². The molecule has 2 heterocycles. The maximum Gasteiger partial charge on any atom is 0.185 e. The summed E-state index contributed by atoms with van der Waals surface area (Å²) in [5.74, 6) is -3.09. The molecule has 0 amide bonds. The van der Waals surface area contributed by atoms with Crippen molar-refractivity contribution in [3.05, 3.63) is 83.1 Å². The molecule has 1 fully saturated rings. The highest BCUT2D eigenvalue weighted by atomic mass is 32.2. The van der Waals surface area contributed by atoms with Gasteiger partial charge in [0.1, 0.15) is 28.8 Å². The quantitative estimate of drug-likeness (QED) is 0.500. The largest absolute Gasteiger partial charge is 0.327 e. The maximum atomic E-state index is 14.4. The molecule has 1 aliphatic carbocycles. The van der Waals surface area contributed by atoms with Gasteiger partial charge >= 0.3 is 0 Å². The van der Waals surface area contributed by atoms with Crippen molar-refractivity contribution in [2.24, 2.45) is 11.7 Å². The molecule has 4 rings (SSSR count). The molecule has 5 nitrogen and oxygen atoms in total. The van der Waals surface area contributed by atoms with Crippen LogP contribution in [0.2, 0.25) is 0 Å². The lowest BCUT2D eigenvalue weighted by Gasteiger charge is -2.38. The van der Waals surface area contributed by atoms with Crippen LogP contribution >= 0.6 is 0 Å². The Hall–Kier alpha value is -2.91. The zero-order valence-electron chi connectivity index (χ0n) is 19.4. The summed E-state index contributed by atoms with van der Waals surface area (Å²) >= 11 is 0. The van der Waals surface area contributed by atoms with E-state index in [0.29, 0.717) is 12.0 Å². The summed E-state index contributed by atoms with van der Waals surface area (Å²) in [6, 6.07) is 6.99. The van der Waals surface area contributed by atoms with E-state index in [2.05, 4.69) is 9.97 Å². The summed E-state index contributed by atoms with van der Waals surface area (Å²) in [5.41, 5.74) is 6.71. The van der Waals surface area contributed by atoms with E-state index >= 15 is 0 Å². The molecule has 2 aromatic heterocycles. The van der Waals surface area contributed by atoms with E-state index in [1.807, 2.05) is 13.0 Å². The number of hydrogen-bond donors (Lipinski definition) is 1. The van der Waals surface area contributed by atoms with E-state index in [0.717, 1.165) is 30.2 Å². The molecule has 1 aliphatic rings. The van der Waals surface area contributed by atoms with Crippen LogP contribution in [-0.4, -0.2) is 37.5 Å². The van der Waals surface area contributed by atoms with E-state index in [-0.39, 0.29) is 35.2 Å². The van der Waals surface area contributed by atoms with Crippen LogP contribution in [-0.2, 0) is 17.2 Å². The number of carbonyl (C=O) groups excluding carboxylic acids is 1. The molecule has 1 aromatic carbocycles. The van der Waals surface area contributed by atoms with Gasteiger partial charge < -0.3 is 5.73 Å². The third kappa shape index (κ3) is 5.21. The average molecular weight is 502 g/mol. The lowest BCUT2D eigenvalue weighted by molar-refractivity contribution is 0.0987. The van der Waals surface area contributed by atoms with Crippen LogP contribution in [0.3, 0.4) is 0 Å². The van der Waals surface area contributed by atoms with E-state index in [1.165, 1.54) is 12.1 Å². The van der Waals surface area contributed by atoms with Crippen molar-refractivity contribution < 1.29 is 22.2 Å². The molecule has 0 bridgehead atoms. The van der Waals surface area contributed by atoms with Gasteiger partial charge in [0.15, 0.2) is 5.78 Å². The molecule has 9 heteroatoms. The summed E-state index contributed by atoms with van der Waals surface area (Å²) in [6.45, 7) is 2.04. The summed E-state index contributed by atoms with van der Waals surface area (Å²) in [7, 11) is -1.03. The summed E-state index contributed by atoms with van der Waals surface area (Å²) in [4.78, 5) is 21.3. The Labute approximate surface area is 204 Å². The first-order valence-corrected chi connectivity index (χ1v) is 12.9. The maximum absolute atomic E-state index is 14.4. The Bertz CT molecular complexity index is 1250. The van der Waals surface area contributed by atoms with Crippen LogP contribution in [0.5, 0.6) is 0 Å². The van der Waals surface area contributed by atoms with Gasteiger partial charge in [0.2, 0.25) is 0 Å². The molecule has 35 heavy (non-hydrogen) atoms. The number of carbonyl (C=O) groups is 1. The second-order valence-electron chi connectivity index (χ2n) is 9.07. The number of rotatable bonds is 6. The Morgan fingerprint density at radius 2 is 1.80 bits per heavy atom. The van der Waals surface area contributed by atoms with Gasteiger partial charge in [-0.15, -0.1) is 0 Å². The number of nitrogens with two attached hydrogens (primary N) is 1. The molecule has 0 aliphatic heterocycles. The third-order valence-corrected chi connectivity index (χ3v) is 8.22. The number of nitrogens with zero attached hydrogens (tertiary/aromatic N) is 2. The number of Topliss-reactive ketones (excluding diaryl/α,β-unsaturated/α-hetero) is 1. The van der Waals surface area contributed by atoms with Crippen LogP contribution < -0.4 is 5.73 Å². The van der Waals surface area contributed by atoms with E-state index in [9.17, 15) is 22.2 Å². The number of ketones is 1. The highest BCUT2D eigenvalue weighted by molar-refractivity contribution is 7.85. The van der Waals surface area contributed by atoms with Crippen LogP contribution in [0.25, 0.3) is 11.3 Å². The lowest BCUT2D eigenvalue weighted by atomic mass is 9.75. The highest BCUT2D eigenvalue weighted by Crippen LogP contribution is 2.39. The number of benzene rings is 1. The molecule has 5 atom stereocenters. The van der Waals surface area contributed by atoms with Crippen molar-refractivity contribution in [2.45, 2.75) is 43.4 Å². The van der Waals surface area contributed by atoms with Gasteiger partial charge in [0, 0.05) is 41.9 Å². The fraction of sp³-hybridized carbons (Fsp3) is 0.346. The molecule has 0 radical (unpaired) electrons. The predicted molar refractivity (Wildman–Crippen MR) is 129 cm³/mol. The third-order valence-electron chi connectivity index (χ3n) is 6.64. The Balaban J connectivity index is 1.61. The number of aromatic nitrogens is 2. The van der Waals surface area contributed by atoms with Crippen molar-refractivity contribution in [2.75, 3.05) is 6.26 Å². The Morgan fingerprint density at radius 1 is 1.09 bits per heavy atom. The topological polar surface area (TPSA) is 85.9 Å². The van der Waals surface area contributed by atoms with E-state index in [4.69, 9.17) is 5.73 Å². The molecule has 184 valence electrons. The highest BCUT2D eigenvalue weighted by Gasteiger charge is 2.37. The summed E-state index contributed by atoms with van der Waals surface area (Å²) in [5, 5.41) is -0.0845. The minimum atomic E-state index is -1.03. The van der Waals surface area contributed by atoms with Gasteiger partial charge in [-0.3, -0.25) is 14.0 Å². The minimum absolute atomic E-state index is 0.0647. The van der Waals surface area contributed by atoms with Crippen molar-refractivity contribution >= 4 is 16.6 Å². The fourth-order valence-electron chi connectivity index (χ4n) is 5.14. The molecular formula is C26H26F3N3O2S. The predicted octanol–water partition coefficient (Wildman–Crippen LogP) is 4.57. The molecule has 2 N–H and O–H groups in total. The van der Waals surface area contributed by atoms with Crippen molar-refractivity contribution in [1.82, 2.24) is 9.97 Å². The Morgan fingerprint density at radius 3 is 2.46 bits per heavy atom. The van der Waals surface area contributed by atoms with E-state index < -0.39 is 45.3 Å². The molecule has 1 saturated carbocycles. The lowest BCUT2D eigenvalue weighted by Crippen LogP contribution is -2.47. The normalized spacial score (nSPS) is 23.1. The van der Waals surface area contributed by atoms with Crippen molar-refractivity contribution in [1.29, 1.82) is 0 Å². The van der Waals surface area contributed by atoms with E-state index in [1.54, 1.807) is 18.6 Å². The molecular weight excluding hydrogens is 475 g/mol. The SMILES string of the molecule is C[C@H]1C[C@@H](c2ccncc2CC(=O)c2ccc(F)c(-c3c(F)cccc3F)n2)C[C@@H](N)[C@@H]1[S@](C)=O. The zero-order chi connectivity index (χ0) is 25.3. The molecule has 0 unspecified atom stereocenters. The van der Waals surface area contributed by atoms with Crippen LogP contribution in [0.4, 0.5) is 13.2 Å². The minimum Gasteiger partial charge on any atom is -0.327 e. The molecule has 3 aromatic rings. The first-order valence-electron chi connectivity index (χ1n) is 11.3. The van der Waals surface area contributed by atoms with Crippen LogP contribution in [0.1, 0.15) is 47.3 Å². The van der Waals surface area contributed by atoms with Crippen molar-refractivity contribution in [3.8, 4) is 11.3 Å². The summed E-state index contributed by atoms with van der Waals surface area (Å²) < 4.78 is 55.0. The van der Waals surface area contributed by atoms with Gasteiger partial charge in [0.05, 0.1) is 10.8 Å². The first kappa shape index (κ1) is 25.2. The van der Waals surface area contributed by atoms with Gasteiger partial charge in [-0.05, 0) is 66.1 Å². The smallest absolute Gasteiger partial charge is 0.185 e. The zero-order valence-corrected chi connectivity index (χ0v) is 20.2. The monoisotopic (exact) mass is 501 g/mol. The molecule has 0 spiro atoms. The number of halogens is 3. The number of pyridine rings is 2. The average Bonchev–Trinajstić information content (AvgIpc) is 2.79. The van der Waals surface area contributed by atoms with Crippen LogP contribution in [0, 0.1) is 23.4 Å². The fourth-order valence-corrected chi connectivity index (χ4v) is 6.50. The van der Waals surface area contributed by atoms with Gasteiger partial charge in [0.25, 0.3) is 0 Å². The van der Waals surface area contributed by atoms with Crippen LogP contribution in [0.15, 0.2) is 48.8 Å². The number of hydrogen-bond acceptors (Lipinski definition) is 5. The van der Waals surface area contributed by atoms with Crippen molar-refractivity contribution in [3.63, 3.8) is 0 Å². The summed E-state index contributed by atoms with van der Waals surface area (Å²) in [6.07, 6.45) is 6.27. The Kier molecular flexibility index (Phi) is 7.47. The second kappa shape index (κ2) is 10.4. The van der Waals surface area contributed by atoms with Gasteiger partial charge in [-0.1, -0.05) is 13.0 Å². The first-order chi connectivity index (χ1) is 16.7. The standard InChI is InChI=1S/C26H26F3N3O2S/c1-14-10-15(11-21(30)26(14)35(2)34)17-8-9-31-13-16(17)12-23(33)22-7-6-20(29)25(32-22)24-18(27)4-3-5-19(24)28/h3-9,13-15,21,26H,10-12,30H2,1-2H3/t14-,15+,21+,26+,35-/m0/s1. The van der Waals surface area contributed by atoms with Gasteiger partial charge in [-0.25, -0.2) is 18.2 Å².